The number of rotatable bonds is 18. The Kier molecular flexibility index (Phi) is 26.0. The molecule has 0 aliphatic carbocycles. The highest BCUT2D eigenvalue weighted by Gasteiger charge is 2.35. The van der Waals surface area contributed by atoms with Gasteiger partial charge in [0.1, 0.15) is 6.04 Å². The van der Waals surface area contributed by atoms with E-state index >= 15 is 0 Å². The van der Waals surface area contributed by atoms with Gasteiger partial charge in [-0.2, -0.15) is 0 Å². The highest BCUT2D eigenvalue weighted by molar-refractivity contribution is 5.97. The van der Waals surface area contributed by atoms with Crippen LogP contribution in [0, 0.1) is 11.8 Å². The van der Waals surface area contributed by atoms with Crippen LogP contribution in [-0.2, 0) is 19.2 Å². The molecule has 4 amide bonds. The zero-order chi connectivity index (χ0) is 36.5. The summed E-state index contributed by atoms with van der Waals surface area (Å²) in [4.78, 5) is 54.7. The van der Waals surface area contributed by atoms with Gasteiger partial charge in [0.15, 0.2) is 0 Å². The van der Waals surface area contributed by atoms with Gasteiger partial charge in [-0.05, 0) is 77.8 Å². The van der Waals surface area contributed by atoms with Gasteiger partial charge in [-0.1, -0.05) is 99.0 Å². The van der Waals surface area contributed by atoms with Crippen LogP contribution in [0.15, 0.2) is 11.6 Å². The Bertz CT molecular complexity index is 911. The molecular weight excluding hydrogens is 602 g/mol. The van der Waals surface area contributed by atoms with Gasteiger partial charge in [-0.15, -0.1) is 0 Å². The maximum Gasteiger partial charge on any atom is 0.249 e. The van der Waals surface area contributed by atoms with Crippen LogP contribution in [0.1, 0.15) is 146 Å². The number of carbonyl (C=O) groups excluding carboxylic acids is 4. The maximum absolute atomic E-state index is 13.2. The zero-order valence-electron chi connectivity index (χ0n) is 32.7. The molecule has 0 aromatic rings. The molecule has 2 heterocycles. The lowest BCUT2D eigenvalue weighted by Gasteiger charge is -2.30. The molecule has 280 valence electrons. The number of carbonyl (C=O) groups is 4. The second-order valence-electron chi connectivity index (χ2n) is 14.9. The molecule has 2 aliphatic heterocycles. The standard InChI is InChI=1S/C27H48N4O4.C8H17N.C4H10/c1-6-7-8-9-10-11-12-13-16-29-26(34)23-15-14-17-31(23)27(35)22(4)18-24(21(2)3)30(5)25(33)19-28-20-32;1-8(2)9-6-4-3-5-7-9;1-4(2)3/h18,20-21,23-24H,6-17,19H2,1-5H3,(H,28,32)(H,29,34);8H,3-7H2,1-2H3;4H,1-3H3/b22-18+;;/t23-,24+;;/m0../s1. The molecule has 2 N–H and O–H groups in total. The van der Waals surface area contributed by atoms with Crippen molar-refractivity contribution in [1.82, 2.24) is 25.3 Å². The molecule has 2 aliphatic rings. The molecule has 9 heteroatoms. The Morgan fingerprint density at radius 3 is 1.90 bits per heavy atom. The van der Waals surface area contributed by atoms with Gasteiger partial charge < -0.3 is 25.3 Å². The van der Waals surface area contributed by atoms with Crippen LogP contribution in [0.3, 0.4) is 0 Å². The van der Waals surface area contributed by atoms with E-state index in [9.17, 15) is 19.2 Å². The third-order valence-electron chi connectivity index (χ3n) is 8.89. The molecule has 9 nitrogen and oxygen atoms in total. The minimum absolute atomic E-state index is 0.0701. The van der Waals surface area contributed by atoms with Crippen molar-refractivity contribution >= 4 is 24.1 Å². The Labute approximate surface area is 295 Å². The predicted molar refractivity (Wildman–Crippen MR) is 201 cm³/mol. The fraction of sp³-hybridized carbons (Fsp3) is 0.846. The molecule has 2 saturated heterocycles. The number of piperidine rings is 1. The molecule has 0 radical (unpaired) electrons. The molecule has 0 unspecified atom stereocenters. The number of likely N-dealkylation sites (tertiary alicyclic amines) is 2. The number of amides is 4. The summed E-state index contributed by atoms with van der Waals surface area (Å²) < 4.78 is 0. The first-order valence-electron chi connectivity index (χ1n) is 19.2. The number of nitrogens with one attached hydrogen (secondary N) is 2. The van der Waals surface area contributed by atoms with Crippen LogP contribution >= 0.6 is 0 Å². The summed E-state index contributed by atoms with van der Waals surface area (Å²) in [6.45, 7) is 22.8. The molecular formula is C39H75N5O4. The van der Waals surface area contributed by atoms with Gasteiger partial charge in [-0.25, -0.2) is 0 Å². The number of likely N-dealkylation sites (N-methyl/N-ethyl adjacent to an activating group) is 1. The minimum Gasteiger partial charge on any atom is -0.354 e. The molecule has 0 spiro atoms. The molecule has 0 bridgehead atoms. The van der Waals surface area contributed by atoms with E-state index in [0.717, 1.165) is 31.2 Å². The number of hydrogen-bond acceptors (Lipinski definition) is 5. The first kappa shape index (κ1) is 45.6. The van der Waals surface area contributed by atoms with E-state index < -0.39 is 6.04 Å². The molecule has 0 saturated carbocycles. The predicted octanol–water partition coefficient (Wildman–Crippen LogP) is 6.95. The monoisotopic (exact) mass is 678 g/mol. The van der Waals surface area contributed by atoms with E-state index in [-0.39, 0.29) is 36.2 Å². The second-order valence-corrected chi connectivity index (χ2v) is 14.9. The summed E-state index contributed by atoms with van der Waals surface area (Å²) in [6, 6.07) is 0.0376. The molecule has 0 aromatic carbocycles. The lowest BCUT2D eigenvalue weighted by atomic mass is 9.99. The molecule has 2 rings (SSSR count). The van der Waals surface area contributed by atoms with Crippen molar-refractivity contribution in [3.05, 3.63) is 11.6 Å². The molecule has 2 atom stereocenters. The fourth-order valence-corrected chi connectivity index (χ4v) is 6.03. The third kappa shape index (κ3) is 20.2. The van der Waals surface area contributed by atoms with Crippen LogP contribution in [0.4, 0.5) is 0 Å². The van der Waals surface area contributed by atoms with Crippen molar-refractivity contribution in [2.24, 2.45) is 11.8 Å². The van der Waals surface area contributed by atoms with Crippen LogP contribution in [-0.4, -0.2) is 96.7 Å². The van der Waals surface area contributed by atoms with Gasteiger partial charge in [-0.3, -0.25) is 19.2 Å². The van der Waals surface area contributed by atoms with Crippen molar-refractivity contribution in [3.63, 3.8) is 0 Å². The average Bonchev–Trinajstić information content (AvgIpc) is 3.55. The minimum atomic E-state index is -0.437. The average molecular weight is 678 g/mol. The highest BCUT2D eigenvalue weighted by atomic mass is 16.2. The van der Waals surface area contributed by atoms with E-state index in [0.29, 0.717) is 31.5 Å². The lowest BCUT2D eigenvalue weighted by molar-refractivity contribution is -0.135. The van der Waals surface area contributed by atoms with Gasteiger partial charge in [0.05, 0.1) is 12.6 Å². The SMILES string of the molecule is CC(C)C.CC(C)N1CCCCC1.CCCCCCCCCCNC(=O)[C@@H]1CCCN1C(=O)/C(C)=C/[C@H](C(C)C)N(C)C(=O)CNC=O. The summed E-state index contributed by atoms with van der Waals surface area (Å²) in [5.41, 5.74) is 0.523. The largest absolute Gasteiger partial charge is 0.354 e. The first-order chi connectivity index (χ1) is 22.8. The summed E-state index contributed by atoms with van der Waals surface area (Å²) in [6.07, 6.45) is 17.8. The van der Waals surface area contributed by atoms with Crippen molar-refractivity contribution < 1.29 is 19.2 Å². The molecule has 2 fully saturated rings. The molecule has 48 heavy (non-hydrogen) atoms. The number of nitrogens with zero attached hydrogens (tertiary/aromatic N) is 3. The fourth-order valence-electron chi connectivity index (χ4n) is 6.03. The van der Waals surface area contributed by atoms with Gasteiger partial charge in [0, 0.05) is 31.8 Å². The summed E-state index contributed by atoms with van der Waals surface area (Å²) in [5.74, 6) is 0.449. The lowest BCUT2D eigenvalue weighted by Crippen LogP contribution is -2.47. The third-order valence-corrected chi connectivity index (χ3v) is 8.89. The van der Waals surface area contributed by atoms with Gasteiger partial charge in [0.25, 0.3) is 0 Å². The Morgan fingerprint density at radius 2 is 1.40 bits per heavy atom. The van der Waals surface area contributed by atoms with E-state index in [1.54, 1.807) is 29.8 Å². The molecule has 0 aromatic heterocycles. The first-order valence-corrected chi connectivity index (χ1v) is 19.2. The maximum atomic E-state index is 13.2. The summed E-state index contributed by atoms with van der Waals surface area (Å²) in [7, 11) is 1.67. The highest BCUT2D eigenvalue weighted by Crippen LogP contribution is 2.22. The van der Waals surface area contributed by atoms with E-state index in [4.69, 9.17) is 0 Å². The quantitative estimate of drug-likeness (QED) is 0.0929. The van der Waals surface area contributed by atoms with Crippen LogP contribution in [0.25, 0.3) is 0 Å². The van der Waals surface area contributed by atoms with Crippen molar-refractivity contribution in [1.29, 1.82) is 0 Å². The second kappa shape index (κ2) is 27.4. The van der Waals surface area contributed by atoms with Crippen molar-refractivity contribution in [3.8, 4) is 0 Å². The normalized spacial score (nSPS) is 17.3. The van der Waals surface area contributed by atoms with Gasteiger partial charge >= 0.3 is 0 Å². The Hall–Kier alpha value is -2.42. The Morgan fingerprint density at radius 1 is 0.833 bits per heavy atom. The van der Waals surface area contributed by atoms with E-state index in [1.807, 2.05) is 13.8 Å². The van der Waals surface area contributed by atoms with E-state index in [2.05, 4.69) is 57.1 Å². The summed E-state index contributed by atoms with van der Waals surface area (Å²) in [5, 5.41) is 5.42. The van der Waals surface area contributed by atoms with Crippen LogP contribution in [0.2, 0.25) is 0 Å². The van der Waals surface area contributed by atoms with Crippen molar-refractivity contribution in [2.45, 2.75) is 164 Å². The smallest absolute Gasteiger partial charge is 0.249 e. The zero-order valence-corrected chi connectivity index (χ0v) is 32.7. The van der Waals surface area contributed by atoms with Crippen LogP contribution < -0.4 is 10.6 Å². The summed E-state index contributed by atoms with van der Waals surface area (Å²) >= 11 is 0. The number of unbranched alkanes of at least 4 members (excludes halogenated alkanes) is 7. The van der Waals surface area contributed by atoms with E-state index in [1.165, 1.54) is 70.9 Å². The topological polar surface area (TPSA) is 102 Å². The Balaban J connectivity index is 0.00000141. The van der Waals surface area contributed by atoms with Crippen LogP contribution in [0.5, 0.6) is 0 Å². The number of hydrogen-bond donors (Lipinski definition) is 2. The van der Waals surface area contributed by atoms with Gasteiger partial charge in [0.2, 0.25) is 24.1 Å². The van der Waals surface area contributed by atoms with Crippen molar-refractivity contribution in [2.75, 3.05) is 39.8 Å².